The van der Waals surface area contributed by atoms with Gasteiger partial charge in [0.25, 0.3) is 0 Å². The zero-order chi connectivity index (χ0) is 14.8. The van der Waals surface area contributed by atoms with Crippen molar-refractivity contribution >= 4 is 11.6 Å². The maximum Gasteiger partial charge on any atom is 0.0644 e. The van der Waals surface area contributed by atoms with Crippen molar-refractivity contribution in [1.29, 1.82) is 0 Å². The highest BCUT2D eigenvalue weighted by Gasteiger charge is 2.43. The summed E-state index contributed by atoms with van der Waals surface area (Å²) in [6, 6.07) is 8.14. The summed E-state index contributed by atoms with van der Waals surface area (Å²) in [5.74, 6) is 6.73. The van der Waals surface area contributed by atoms with Crippen molar-refractivity contribution in [2.24, 2.45) is 11.8 Å². The lowest BCUT2D eigenvalue weighted by molar-refractivity contribution is 0.0428. The third-order valence-corrected chi connectivity index (χ3v) is 5.15. The van der Waals surface area contributed by atoms with Gasteiger partial charge in [0.15, 0.2) is 0 Å². The van der Waals surface area contributed by atoms with Crippen LogP contribution in [-0.4, -0.2) is 24.5 Å². The van der Waals surface area contributed by atoms with Gasteiger partial charge in [0.1, 0.15) is 0 Å². The Morgan fingerprint density at radius 1 is 1.35 bits per heavy atom. The first-order valence-electron chi connectivity index (χ1n) is 7.38. The molecule has 1 aromatic carbocycles. The fourth-order valence-corrected chi connectivity index (χ4v) is 3.70. The summed E-state index contributed by atoms with van der Waals surface area (Å²) < 4.78 is 0. The van der Waals surface area contributed by atoms with Gasteiger partial charge >= 0.3 is 0 Å². The minimum absolute atomic E-state index is 0.0615. The number of nitrogens with zero attached hydrogens (tertiary/aromatic N) is 1. The van der Waals surface area contributed by atoms with E-state index >= 15 is 0 Å². The Kier molecular flexibility index (Phi) is 5.08. The summed E-state index contributed by atoms with van der Waals surface area (Å²) in [7, 11) is 4.32. The predicted octanol–water partition coefficient (Wildman–Crippen LogP) is 3.35. The molecular formula is C16H26ClN3. The van der Waals surface area contributed by atoms with Crippen LogP contribution in [0.15, 0.2) is 24.3 Å². The second kappa shape index (κ2) is 6.44. The number of nitrogens with one attached hydrogen (secondary N) is 1. The third-order valence-electron chi connectivity index (χ3n) is 4.92. The van der Waals surface area contributed by atoms with Crippen molar-refractivity contribution in [2.45, 2.75) is 44.2 Å². The van der Waals surface area contributed by atoms with E-state index in [4.69, 9.17) is 17.4 Å². The molecule has 0 amide bonds. The summed E-state index contributed by atoms with van der Waals surface area (Å²) in [6.07, 6.45) is 4.80. The van der Waals surface area contributed by atoms with Gasteiger partial charge in [-0.25, -0.2) is 0 Å². The first-order chi connectivity index (χ1) is 9.49. The summed E-state index contributed by atoms with van der Waals surface area (Å²) in [4.78, 5) is 2.34. The summed E-state index contributed by atoms with van der Waals surface area (Å²) in [5, 5.41) is 0.765. The number of nitrogens with two attached hydrogens (primary N) is 1. The SMILES string of the molecule is CC1CCC(C(NN)c2cccc(Cl)c2)(N(C)C)CC1. The van der Waals surface area contributed by atoms with Crippen LogP contribution < -0.4 is 11.3 Å². The van der Waals surface area contributed by atoms with Gasteiger partial charge < -0.3 is 4.90 Å². The van der Waals surface area contributed by atoms with E-state index in [9.17, 15) is 0 Å². The maximum atomic E-state index is 6.15. The number of hydrazine groups is 1. The van der Waals surface area contributed by atoms with Gasteiger partial charge in [-0.15, -0.1) is 0 Å². The lowest BCUT2D eigenvalue weighted by atomic mass is 9.70. The van der Waals surface area contributed by atoms with Crippen molar-refractivity contribution in [3.8, 4) is 0 Å². The molecule has 0 aromatic heterocycles. The second-order valence-corrected chi connectivity index (χ2v) is 6.77. The van der Waals surface area contributed by atoms with Crippen LogP contribution in [0.1, 0.15) is 44.2 Å². The minimum Gasteiger partial charge on any atom is -0.302 e. The van der Waals surface area contributed by atoms with Crippen molar-refractivity contribution in [3.63, 3.8) is 0 Å². The van der Waals surface area contributed by atoms with Crippen molar-refractivity contribution < 1.29 is 0 Å². The highest BCUT2D eigenvalue weighted by Crippen LogP contribution is 2.43. The Labute approximate surface area is 127 Å². The molecule has 1 fully saturated rings. The molecule has 0 radical (unpaired) electrons. The molecule has 3 nitrogen and oxygen atoms in total. The van der Waals surface area contributed by atoms with Crippen molar-refractivity contribution in [2.75, 3.05) is 14.1 Å². The van der Waals surface area contributed by atoms with E-state index in [1.165, 1.54) is 18.4 Å². The largest absolute Gasteiger partial charge is 0.302 e. The van der Waals surface area contributed by atoms with Crippen molar-refractivity contribution in [3.05, 3.63) is 34.9 Å². The Morgan fingerprint density at radius 3 is 2.50 bits per heavy atom. The molecule has 4 heteroatoms. The summed E-state index contributed by atoms with van der Waals surface area (Å²) in [6.45, 7) is 2.34. The molecule has 1 unspecified atom stereocenters. The summed E-state index contributed by atoms with van der Waals surface area (Å²) in [5.41, 5.74) is 4.28. The monoisotopic (exact) mass is 295 g/mol. The van der Waals surface area contributed by atoms with E-state index in [0.717, 1.165) is 23.8 Å². The van der Waals surface area contributed by atoms with E-state index in [1.807, 2.05) is 18.2 Å². The molecule has 112 valence electrons. The lowest BCUT2D eigenvalue weighted by Gasteiger charge is -2.49. The molecule has 3 N–H and O–H groups in total. The standard InChI is InChI=1S/C16H26ClN3/c1-12-7-9-16(10-8-12,20(2)3)15(19-18)13-5-4-6-14(17)11-13/h4-6,11-12,15,19H,7-10,18H2,1-3H3. The van der Waals surface area contributed by atoms with Crippen LogP contribution in [0.2, 0.25) is 5.02 Å². The molecule has 1 aliphatic rings. The summed E-state index contributed by atoms with van der Waals surface area (Å²) >= 11 is 6.15. The van der Waals surface area contributed by atoms with E-state index in [2.05, 4.69) is 37.4 Å². The van der Waals surface area contributed by atoms with Crippen LogP contribution in [0.25, 0.3) is 0 Å². The van der Waals surface area contributed by atoms with Gasteiger partial charge in [-0.05, 0) is 63.4 Å². The number of benzene rings is 1. The number of likely N-dealkylation sites (N-methyl/N-ethyl adjacent to an activating group) is 1. The van der Waals surface area contributed by atoms with Crippen LogP contribution in [0.5, 0.6) is 0 Å². The molecule has 20 heavy (non-hydrogen) atoms. The lowest BCUT2D eigenvalue weighted by Crippen LogP contribution is -2.56. The molecule has 1 aliphatic carbocycles. The highest BCUT2D eigenvalue weighted by molar-refractivity contribution is 6.30. The third kappa shape index (κ3) is 3.01. The Hall–Kier alpha value is -0.610. The van der Waals surface area contributed by atoms with Crippen LogP contribution in [0, 0.1) is 5.92 Å². The average Bonchev–Trinajstić information content (AvgIpc) is 2.42. The molecule has 0 saturated heterocycles. The number of rotatable bonds is 4. The van der Waals surface area contributed by atoms with E-state index in [1.54, 1.807) is 0 Å². The van der Waals surface area contributed by atoms with E-state index in [0.29, 0.717) is 0 Å². The van der Waals surface area contributed by atoms with Gasteiger partial charge in [0.2, 0.25) is 0 Å². The Bertz CT molecular complexity index is 439. The normalized spacial score (nSPS) is 28.6. The first kappa shape index (κ1) is 15.8. The zero-order valence-corrected chi connectivity index (χ0v) is 13.5. The van der Waals surface area contributed by atoms with Crippen LogP contribution in [-0.2, 0) is 0 Å². The van der Waals surface area contributed by atoms with Gasteiger partial charge in [0, 0.05) is 10.6 Å². The maximum absolute atomic E-state index is 6.15. The minimum atomic E-state index is 0.0615. The molecule has 0 heterocycles. The molecular weight excluding hydrogens is 270 g/mol. The van der Waals surface area contributed by atoms with Gasteiger partial charge in [-0.1, -0.05) is 30.7 Å². The quantitative estimate of drug-likeness (QED) is 0.661. The van der Waals surface area contributed by atoms with Crippen LogP contribution in [0.4, 0.5) is 0 Å². The number of halogens is 1. The fraction of sp³-hybridized carbons (Fsp3) is 0.625. The molecule has 0 spiro atoms. The van der Waals surface area contributed by atoms with Gasteiger partial charge in [-0.2, -0.15) is 0 Å². The van der Waals surface area contributed by atoms with Crippen LogP contribution in [0.3, 0.4) is 0 Å². The van der Waals surface area contributed by atoms with E-state index in [-0.39, 0.29) is 11.6 Å². The molecule has 1 saturated carbocycles. The molecule has 1 aromatic rings. The Morgan fingerprint density at radius 2 is 2.00 bits per heavy atom. The molecule has 1 atom stereocenters. The smallest absolute Gasteiger partial charge is 0.0644 e. The Balaban J connectivity index is 2.35. The fourth-order valence-electron chi connectivity index (χ4n) is 3.50. The number of hydrogen-bond acceptors (Lipinski definition) is 3. The van der Waals surface area contributed by atoms with Crippen LogP contribution >= 0.6 is 11.6 Å². The van der Waals surface area contributed by atoms with Gasteiger partial charge in [-0.3, -0.25) is 11.3 Å². The average molecular weight is 296 g/mol. The second-order valence-electron chi connectivity index (χ2n) is 6.34. The molecule has 2 rings (SSSR count). The van der Waals surface area contributed by atoms with E-state index < -0.39 is 0 Å². The van der Waals surface area contributed by atoms with Gasteiger partial charge in [0.05, 0.1) is 6.04 Å². The molecule has 0 bridgehead atoms. The van der Waals surface area contributed by atoms with Crippen molar-refractivity contribution in [1.82, 2.24) is 10.3 Å². The topological polar surface area (TPSA) is 41.3 Å². The molecule has 0 aliphatic heterocycles. The number of hydrogen-bond donors (Lipinski definition) is 2. The first-order valence-corrected chi connectivity index (χ1v) is 7.76. The predicted molar refractivity (Wildman–Crippen MR) is 85.6 cm³/mol. The zero-order valence-electron chi connectivity index (χ0n) is 12.7. The highest BCUT2D eigenvalue weighted by atomic mass is 35.5.